The van der Waals surface area contributed by atoms with E-state index in [1.54, 1.807) is 12.3 Å². The fourth-order valence-electron chi connectivity index (χ4n) is 1.18. The summed E-state index contributed by atoms with van der Waals surface area (Å²) in [6, 6.07) is 1.65. The first-order chi connectivity index (χ1) is 7.88. The van der Waals surface area contributed by atoms with E-state index in [-0.39, 0.29) is 10.6 Å². The van der Waals surface area contributed by atoms with Crippen molar-refractivity contribution in [1.82, 2.24) is 15.1 Å². The van der Waals surface area contributed by atoms with Gasteiger partial charge >= 0.3 is 0 Å². The van der Waals surface area contributed by atoms with Gasteiger partial charge in [-0.15, -0.1) is 0 Å². The number of nitrogens with zero attached hydrogens (tertiary/aromatic N) is 3. The molecule has 0 aliphatic carbocycles. The fraction of sp³-hybridized carbons (Fsp3) is 0.364. The van der Waals surface area contributed by atoms with Crippen LogP contribution in [0.2, 0.25) is 10.2 Å². The number of hydrogen-bond donors (Lipinski definition) is 0. The number of rotatable bonds is 1. The Bertz CT molecular complexity index is 546. The van der Waals surface area contributed by atoms with Crippen molar-refractivity contribution in [2.45, 2.75) is 26.2 Å². The van der Waals surface area contributed by atoms with Gasteiger partial charge in [-0.05, 0) is 6.07 Å². The summed E-state index contributed by atoms with van der Waals surface area (Å²) in [4.78, 5) is 8.24. The maximum absolute atomic E-state index is 5.88. The molecule has 0 amide bonds. The number of aromatic nitrogens is 3. The van der Waals surface area contributed by atoms with Crippen molar-refractivity contribution in [2.24, 2.45) is 0 Å². The monoisotopic (exact) mass is 271 g/mol. The molecule has 0 atom stereocenters. The molecule has 0 bridgehead atoms. The van der Waals surface area contributed by atoms with E-state index in [0.29, 0.717) is 22.3 Å². The number of hydrogen-bond acceptors (Lipinski definition) is 4. The standard InChI is InChI=1S/C11H11Cl2N3O/c1-11(2,3)10-15-9(17-16-10)6-4-7(12)8(13)14-5-6/h4-5H,1-3H3. The van der Waals surface area contributed by atoms with Crippen LogP contribution in [0.3, 0.4) is 0 Å². The Kier molecular flexibility index (Phi) is 3.10. The van der Waals surface area contributed by atoms with Gasteiger partial charge in [0.2, 0.25) is 0 Å². The van der Waals surface area contributed by atoms with Crippen LogP contribution in [-0.2, 0) is 5.41 Å². The van der Waals surface area contributed by atoms with Crippen LogP contribution in [0.15, 0.2) is 16.8 Å². The van der Waals surface area contributed by atoms with Crippen molar-refractivity contribution in [1.29, 1.82) is 0 Å². The predicted molar refractivity (Wildman–Crippen MR) is 66.2 cm³/mol. The molecule has 0 aliphatic heterocycles. The minimum atomic E-state index is -0.161. The summed E-state index contributed by atoms with van der Waals surface area (Å²) in [6.45, 7) is 6.03. The Labute approximate surface area is 109 Å². The van der Waals surface area contributed by atoms with Gasteiger partial charge in [0, 0.05) is 11.6 Å². The summed E-state index contributed by atoms with van der Waals surface area (Å²) in [6.07, 6.45) is 1.55. The van der Waals surface area contributed by atoms with Gasteiger partial charge in [-0.1, -0.05) is 49.1 Å². The third-order valence-corrected chi connectivity index (χ3v) is 2.83. The fourth-order valence-corrected chi connectivity index (χ4v) is 1.45. The molecule has 4 nitrogen and oxygen atoms in total. The molecule has 6 heteroatoms. The Morgan fingerprint density at radius 2 is 1.94 bits per heavy atom. The molecule has 2 heterocycles. The normalized spacial score (nSPS) is 11.8. The lowest BCUT2D eigenvalue weighted by Gasteiger charge is -2.10. The van der Waals surface area contributed by atoms with Gasteiger partial charge in [-0.2, -0.15) is 4.98 Å². The van der Waals surface area contributed by atoms with E-state index in [0.717, 1.165) is 0 Å². The summed E-state index contributed by atoms with van der Waals surface area (Å²) in [7, 11) is 0. The Hall–Kier alpha value is -1.13. The second kappa shape index (κ2) is 4.27. The van der Waals surface area contributed by atoms with Crippen LogP contribution < -0.4 is 0 Å². The Balaban J connectivity index is 2.40. The van der Waals surface area contributed by atoms with E-state index in [1.165, 1.54) is 0 Å². The molecule has 0 aliphatic rings. The smallest absolute Gasteiger partial charge is 0.259 e. The molecule has 0 spiro atoms. The largest absolute Gasteiger partial charge is 0.334 e. The lowest BCUT2D eigenvalue weighted by molar-refractivity contribution is 0.402. The summed E-state index contributed by atoms with van der Waals surface area (Å²) < 4.78 is 5.17. The minimum Gasteiger partial charge on any atom is -0.334 e. The van der Waals surface area contributed by atoms with Crippen LogP contribution in [0, 0.1) is 0 Å². The van der Waals surface area contributed by atoms with Gasteiger partial charge in [0.1, 0.15) is 5.15 Å². The zero-order valence-corrected chi connectivity index (χ0v) is 11.2. The van der Waals surface area contributed by atoms with Crippen LogP contribution in [0.5, 0.6) is 0 Å². The molecule has 0 saturated carbocycles. The van der Waals surface area contributed by atoms with Crippen LogP contribution >= 0.6 is 23.2 Å². The Morgan fingerprint density at radius 3 is 2.47 bits per heavy atom. The minimum absolute atomic E-state index is 0.161. The number of pyridine rings is 1. The maximum Gasteiger partial charge on any atom is 0.259 e. The van der Waals surface area contributed by atoms with E-state index in [2.05, 4.69) is 15.1 Å². The van der Waals surface area contributed by atoms with Gasteiger partial charge in [0.25, 0.3) is 5.89 Å². The average molecular weight is 272 g/mol. The maximum atomic E-state index is 5.88. The first-order valence-corrected chi connectivity index (χ1v) is 5.79. The third kappa shape index (κ3) is 2.58. The van der Waals surface area contributed by atoms with Crippen LogP contribution in [0.1, 0.15) is 26.6 Å². The van der Waals surface area contributed by atoms with Crippen molar-refractivity contribution in [3.8, 4) is 11.5 Å². The second-order valence-corrected chi connectivity index (χ2v) is 5.43. The topological polar surface area (TPSA) is 51.8 Å². The van der Waals surface area contributed by atoms with E-state index in [4.69, 9.17) is 27.7 Å². The summed E-state index contributed by atoms with van der Waals surface area (Å²) in [5.41, 5.74) is 0.494. The molecule has 0 radical (unpaired) electrons. The molecule has 90 valence electrons. The van der Waals surface area contributed by atoms with Crippen molar-refractivity contribution >= 4 is 23.2 Å². The summed E-state index contributed by atoms with van der Waals surface area (Å²) in [5.74, 6) is 1.03. The highest BCUT2D eigenvalue weighted by molar-refractivity contribution is 6.41. The summed E-state index contributed by atoms with van der Waals surface area (Å²) >= 11 is 11.6. The third-order valence-electron chi connectivity index (χ3n) is 2.14. The molecule has 2 aromatic rings. The van der Waals surface area contributed by atoms with E-state index < -0.39 is 0 Å². The van der Waals surface area contributed by atoms with E-state index in [1.807, 2.05) is 20.8 Å². The highest BCUT2D eigenvalue weighted by Crippen LogP contribution is 2.27. The first kappa shape index (κ1) is 12.3. The zero-order valence-electron chi connectivity index (χ0n) is 9.66. The predicted octanol–water partition coefficient (Wildman–Crippen LogP) is 3.74. The van der Waals surface area contributed by atoms with Crippen LogP contribution in [0.4, 0.5) is 0 Å². The van der Waals surface area contributed by atoms with Crippen molar-refractivity contribution in [2.75, 3.05) is 0 Å². The van der Waals surface area contributed by atoms with Gasteiger partial charge in [0.15, 0.2) is 5.82 Å². The highest BCUT2D eigenvalue weighted by atomic mass is 35.5. The van der Waals surface area contributed by atoms with Crippen molar-refractivity contribution in [3.05, 3.63) is 28.3 Å². The molecule has 0 fully saturated rings. The summed E-state index contributed by atoms with van der Waals surface area (Å²) in [5, 5.41) is 4.54. The Morgan fingerprint density at radius 1 is 1.24 bits per heavy atom. The molecule has 0 N–H and O–H groups in total. The van der Waals surface area contributed by atoms with Crippen LogP contribution in [-0.4, -0.2) is 15.1 Å². The van der Waals surface area contributed by atoms with Gasteiger partial charge in [-0.3, -0.25) is 0 Å². The molecule has 17 heavy (non-hydrogen) atoms. The molecule has 0 aromatic carbocycles. The quantitative estimate of drug-likeness (QED) is 0.742. The lowest BCUT2D eigenvalue weighted by Crippen LogP contribution is -2.13. The zero-order chi connectivity index (χ0) is 12.6. The number of halogens is 2. The molecule has 2 aromatic heterocycles. The molecule has 0 saturated heterocycles. The van der Waals surface area contributed by atoms with Gasteiger partial charge in [0.05, 0.1) is 10.6 Å². The molecular formula is C11H11Cl2N3O. The molecular weight excluding hydrogens is 261 g/mol. The molecule has 0 unspecified atom stereocenters. The average Bonchev–Trinajstić information content (AvgIpc) is 2.70. The van der Waals surface area contributed by atoms with Gasteiger partial charge in [-0.25, -0.2) is 4.98 Å². The van der Waals surface area contributed by atoms with E-state index >= 15 is 0 Å². The lowest BCUT2D eigenvalue weighted by atomic mass is 9.96. The van der Waals surface area contributed by atoms with E-state index in [9.17, 15) is 0 Å². The van der Waals surface area contributed by atoms with Crippen molar-refractivity contribution < 1.29 is 4.52 Å². The van der Waals surface area contributed by atoms with Crippen LogP contribution in [0.25, 0.3) is 11.5 Å². The molecule has 2 rings (SSSR count). The van der Waals surface area contributed by atoms with Gasteiger partial charge < -0.3 is 4.52 Å². The highest BCUT2D eigenvalue weighted by Gasteiger charge is 2.21. The van der Waals surface area contributed by atoms with Crippen molar-refractivity contribution in [3.63, 3.8) is 0 Å². The SMILES string of the molecule is CC(C)(C)c1noc(-c2cnc(Cl)c(Cl)c2)n1. The first-order valence-electron chi connectivity index (χ1n) is 5.03. The second-order valence-electron chi connectivity index (χ2n) is 4.67.